The molecule has 17 nitrogen and oxygen atoms in total. The Labute approximate surface area is 336 Å². The van der Waals surface area contributed by atoms with E-state index >= 15 is 0 Å². The number of hydrogen-bond acceptors (Lipinski definition) is 11. The maximum Gasteiger partial charge on any atom is 0.410 e. The minimum absolute atomic E-state index is 0.0248. The van der Waals surface area contributed by atoms with E-state index in [2.05, 4.69) is 10.6 Å². The van der Waals surface area contributed by atoms with Crippen molar-refractivity contribution in [3.8, 4) is 5.75 Å². The fraction of sp³-hybridized carbons (Fsp3) is 0.500. The summed E-state index contributed by atoms with van der Waals surface area (Å²) < 4.78 is 45.4. The highest BCUT2D eigenvalue weighted by Gasteiger charge is 2.62. The van der Waals surface area contributed by atoms with Crippen LogP contribution >= 0.6 is 0 Å². The molecule has 1 saturated carbocycles. The monoisotopic (exact) mass is 823 g/mol. The first-order valence-electron chi connectivity index (χ1n) is 19.2. The molecule has 1 aliphatic carbocycles. The lowest BCUT2D eigenvalue weighted by Crippen LogP contribution is -2.58. The number of carbonyl (C=O) groups excluding carboxylic acids is 5. The Kier molecular flexibility index (Phi) is 12.1. The van der Waals surface area contributed by atoms with E-state index in [-0.39, 0.29) is 31.6 Å². The fourth-order valence-corrected chi connectivity index (χ4v) is 8.65. The van der Waals surface area contributed by atoms with Crippen LogP contribution in [-0.4, -0.2) is 102 Å². The fourth-order valence-electron chi connectivity index (χ4n) is 7.59. The number of benzene rings is 2. The van der Waals surface area contributed by atoms with Crippen LogP contribution in [0.2, 0.25) is 0 Å². The second kappa shape index (κ2) is 16.7. The van der Waals surface area contributed by atoms with Crippen LogP contribution < -0.4 is 20.1 Å². The highest BCUT2D eigenvalue weighted by molar-refractivity contribution is 7.90. The van der Waals surface area contributed by atoms with Gasteiger partial charge in [-0.15, -0.1) is 0 Å². The molecule has 3 heterocycles. The van der Waals surface area contributed by atoms with E-state index in [0.29, 0.717) is 38.8 Å². The van der Waals surface area contributed by atoms with Crippen molar-refractivity contribution in [3.63, 3.8) is 0 Å². The summed E-state index contributed by atoms with van der Waals surface area (Å²) >= 11 is 0. The zero-order chi connectivity index (χ0) is 42.0. The summed E-state index contributed by atoms with van der Waals surface area (Å²) in [6.07, 6.45) is 3.78. The maximum atomic E-state index is 14.4. The van der Waals surface area contributed by atoms with Gasteiger partial charge in [0.05, 0.1) is 18.6 Å². The van der Waals surface area contributed by atoms with Crippen LogP contribution in [0.1, 0.15) is 87.2 Å². The third kappa shape index (κ3) is 9.38. The van der Waals surface area contributed by atoms with Gasteiger partial charge in [-0.3, -0.25) is 19.3 Å². The molecule has 4 N–H and O–H groups in total. The summed E-state index contributed by atoms with van der Waals surface area (Å²) in [6.45, 7) is 5.49. The number of alkyl carbamates (subject to hydrolysis) is 1. The highest BCUT2D eigenvalue weighted by atomic mass is 32.2. The lowest BCUT2D eigenvalue weighted by Gasteiger charge is -2.30. The molecule has 2 aromatic carbocycles. The average Bonchev–Trinajstić information content (AvgIpc) is 3.45. The van der Waals surface area contributed by atoms with Crippen LogP contribution in [0, 0.1) is 5.92 Å². The number of carboxylic acid groups (broad SMARTS) is 1. The van der Waals surface area contributed by atoms with Gasteiger partial charge in [-0.25, -0.2) is 27.5 Å². The van der Waals surface area contributed by atoms with Gasteiger partial charge in [-0.1, -0.05) is 49.3 Å². The van der Waals surface area contributed by atoms with E-state index < -0.39 is 91.6 Å². The quantitative estimate of drug-likeness (QED) is 0.294. The van der Waals surface area contributed by atoms with Crippen molar-refractivity contribution >= 4 is 45.9 Å². The molecule has 2 aromatic rings. The number of carboxylic acids is 1. The molecule has 58 heavy (non-hydrogen) atoms. The highest BCUT2D eigenvalue weighted by Crippen LogP contribution is 2.46. The van der Waals surface area contributed by atoms with Crippen molar-refractivity contribution in [2.45, 2.75) is 113 Å². The molecule has 4 aliphatic rings. The third-order valence-corrected chi connectivity index (χ3v) is 12.0. The lowest BCUT2D eigenvalue weighted by molar-refractivity contribution is -0.141. The topological polar surface area (TPSA) is 227 Å². The first-order chi connectivity index (χ1) is 27.4. The number of nitrogens with zero attached hydrogens (tertiary/aromatic N) is 2. The van der Waals surface area contributed by atoms with E-state index in [1.807, 2.05) is 35.1 Å². The summed E-state index contributed by atoms with van der Waals surface area (Å²) in [5.74, 6) is -4.65. The van der Waals surface area contributed by atoms with Crippen LogP contribution in [0.3, 0.4) is 0 Å². The average molecular weight is 824 g/mol. The molecule has 0 unspecified atom stereocenters. The molecule has 0 bridgehead atoms. The largest absolute Gasteiger partial charge is 0.496 e. The Morgan fingerprint density at radius 1 is 1.00 bits per heavy atom. The van der Waals surface area contributed by atoms with Crippen LogP contribution in [0.25, 0.3) is 0 Å². The lowest BCUT2D eigenvalue weighted by atomic mass is 10.0. The summed E-state index contributed by atoms with van der Waals surface area (Å²) in [4.78, 5) is 83.3. The van der Waals surface area contributed by atoms with Gasteiger partial charge in [0.25, 0.3) is 15.9 Å². The van der Waals surface area contributed by atoms with Crippen LogP contribution in [0.15, 0.2) is 59.5 Å². The Morgan fingerprint density at radius 3 is 2.36 bits per heavy atom. The Hall–Kier alpha value is -5.65. The molecule has 6 rings (SSSR count). The Balaban J connectivity index is 1.27. The van der Waals surface area contributed by atoms with E-state index in [1.54, 1.807) is 26.8 Å². The number of sulfonamides is 1. The number of amides is 5. The van der Waals surface area contributed by atoms with Gasteiger partial charge >= 0.3 is 18.2 Å². The predicted octanol–water partition coefficient (Wildman–Crippen LogP) is 3.61. The van der Waals surface area contributed by atoms with Gasteiger partial charge in [0.2, 0.25) is 11.8 Å². The molecule has 5 amide bonds. The van der Waals surface area contributed by atoms with Crippen molar-refractivity contribution in [3.05, 3.63) is 71.3 Å². The van der Waals surface area contributed by atoms with Crippen LogP contribution in [0.5, 0.6) is 5.75 Å². The van der Waals surface area contributed by atoms with Gasteiger partial charge in [0.1, 0.15) is 40.6 Å². The molecule has 18 heteroatoms. The number of nitrogens with one attached hydrogen (secondary N) is 3. The summed E-state index contributed by atoms with van der Waals surface area (Å²) in [7, 11) is -3.44. The van der Waals surface area contributed by atoms with Crippen molar-refractivity contribution in [2.24, 2.45) is 5.92 Å². The number of rotatable bonds is 7. The van der Waals surface area contributed by atoms with Gasteiger partial charge in [-0.05, 0) is 75.8 Å². The zero-order valence-corrected chi connectivity index (χ0v) is 33.6. The van der Waals surface area contributed by atoms with Crippen molar-refractivity contribution in [1.82, 2.24) is 25.2 Å². The molecular formula is C40H49N5O12S. The van der Waals surface area contributed by atoms with E-state index in [0.717, 1.165) is 29.3 Å². The van der Waals surface area contributed by atoms with Crippen molar-refractivity contribution in [2.75, 3.05) is 13.7 Å². The minimum atomic E-state index is -4.67. The molecule has 3 aliphatic heterocycles. The number of carbonyl (C=O) groups is 6. The van der Waals surface area contributed by atoms with Gasteiger partial charge in [-0.2, -0.15) is 0 Å². The normalized spacial score (nSPS) is 24.8. The SMILES string of the molecule is COc1ccc(S(=O)(=O)NC(=O)[C@@]23C[C@@H]2C=CCCCCC[C@H](NC(=O)OC(C)(C)C)C(=O)N2C[C@H](OC(=O)N4Cc5ccccc5C4)C[C@H]2C(=O)N3)cc1C(=O)O. The number of hydrogen-bond donors (Lipinski definition) is 4. The molecule has 5 atom stereocenters. The standard InChI is InChI=1S/C40H49N5O12S/c1-39(2,3)57-37(51)41-30-15-9-7-5-6-8-14-26-20-40(26,36(50)43-58(53,54)28-16-17-32(55-4)29(19-28)35(48)49)42-33(46)31-18-27(23-45(31)34(30)47)56-38(52)44-21-24-12-10-11-13-25(24)22-44/h8,10-14,16-17,19,26-27,30-31H,5-7,9,15,18,20-23H2,1-4H3,(H,41,51)(H,42,46)(H,43,50)(H,48,49)/t26-,27+,30-,31-,40+/m0/s1. The number of allylic oxidation sites excluding steroid dienone is 1. The van der Waals surface area contributed by atoms with Crippen LogP contribution in [0.4, 0.5) is 9.59 Å². The number of ether oxygens (including phenoxy) is 3. The molecule has 0 aromatic heterocycles. The maximum absolute atomic E-state index is 14.4. The number of fused-ring (bicyclic) bond motifs is 3. The molecule has 0 spiro atoms. The summed E-state index contributed by atoms with van der Waals surface area (Å²) in [6, 6.07) is 8.28. The number of aromatic carboxylic acids is 1. The number of methoxy groups -OCH3 is 1. The van der Waals surface area contributed by atoms with E-state index in [9.17, 15) is 42.3 Å². The van der Waals surface area contributed by atoms with Gasteiger partial charge in [0.15, 0.2) is 0 Å². The Morgan fingerprint density at radius 2 is 1.71 bits per heavy atom. The van der Waals surface area contributed by atoms with Gasteiger partial charge < -0.3 is 34.9 Å². The van der Waals surface area contributed by atoms with Crippen molar-refractivity contribution in [1.29, 1.82) is 0 Å². The van der Waals surface area contributed by atoms with E-state index in [1.165, 1.54) is 16.9 Å². The van der Waals surface area contributed by atoms with Crippen molar-refractivity contribution < 1.29 is 56.5 Å². The third-order valence-electron chi connectivity index (χ3n) is 10.6. The molecule has 0 radical (unpaired) electrons. The summed E-state index contributed by atoms with van der Waals surface area (Å²) in [5.41, 5.74) is -1.13. The first-order valence-corrected chi connectivity index (χ1v) is 20.7. The molecule has 312 valence electrons. The molecule has 1 saturated heterocycles. The summed E-state index contributed by atoms with van der Waals surface area (Å²) in [5, 5.41) is 15.0. The van der Waals surface area contributed by atoms with Crippen LogP contribution in [-0.2, 0) is 47.0 Å². The second-order valence-electron chi connectivity index (χ2n) is 16.0. The first kappa shape index (κ1) is 42.0. The van der Waals surface area contributed by atoms with E-state index in [4.69, 9.17) is 14.2 Å². The smallest absolute Gasteiger partial charge is 0.410 e. The predicted molar refractivity (Wildman–Crippen MR) is 206 cm³/mol. The van der Waals surface area contributed by atoms with Gasteiger partial charge in [0, 0.05) is 25.4 Å². The Bertz CT molecular complexity index is 2090. The molecular weight excluding hydrogens is 775 g/mol. The minimum Gasteiger partial charge on any atom is -0.496 e. The second-order valence-corrected chi connectivity index (χ2v) is 17.7. The zero-order valence-electron chi connectivity index (χ0n) is 32.8. The molecule has 2 fully saturated rings.